The van der Waals surface area contributed by atoms with Crippen LogP contribution in [0.25, 0.3) is 0 Å². The first-order valence-corrected chi connectivity index (χ1v) is 0. The summed E-state index contributed by atoms with van der Waals surface area (Å²) in [6.45, 7) is 0. The first-order chi connectivity index (χ1) is 0. The van der Waals surface area contributed by atoms with Gasteiger partial charge in [0.25, 0.3) is 0 Å². The molecule has 5 heteroatoms. The average molecular weight is 48.8 g/mol. The third-order valence-corrected chi connectivity index (χ3v) is 0. The van der Waals surface area contributed by atoms with Gasteiger partial charge in [-0.25, -0.2) is 0 Å². The Morgan fingerprint density at radius 3 is 0.600 bits per heavy atom. The van der Waals surface area contributed by atoms with Crippen LogP contribution in [0.4, 0.5) is 0 Å². The van der Waals surface area contributed by atoms with Crippen molar-refractivity contribution < 1.29 is 81.1 Å². The van der Waals surface area contributed by atoms with E-state index in [1.165, 1.54) is 0 Å². The third-order valence-electron chi connectivity index (χ3n) is 0. The van der Waals surface area contributed by atoms with Crippen LogP contribution in [-0.4, -0.2) is 0 Å². The predicted octanol–water partition coefficient (Wildman–Crippen LogP) is -11.4. The van der Waals surface area contributed by atoms with Crippen molar-refractivity contribution in [3.63, 3.8) is 0 Å². The van der Waals surface area contributed by atoms with Crippen LogP contribution in [0.3, 0.4) is 0 Å². The number of hydrogen-bond acceptors (Lipinski definition) is 1. The number of rotatable bonds is 0. The van der Waals surface area contributed by atoms with E-state index in [2.05, 4.69) is 0 Å². The van der Waals surface area contributed by atoms with Gasteiger partial charge < -0.3 is 11.9 Å². The van der Waals surface area contributed by atoms with Crippen LogP contribution in [-0.2, 0) is 0 Å². The summed E-state index contributed by atoms with van der Waals surface area (Å²) < 4.78 is 0. The molecule has 0 radical (unpaired) electrons. The smallest absolute Gasteiger partial charge is 1.00 e. The molecule has 3 N–H and O–H groups in total. The van der Waals surface area contributed by atoms with E-state index in [9.17, 15) is 0 Å². The zero-order valence-corrected chi connectivity index (χ0v) is 4.71. The molecule has 1 nitrogen and oxygen atoms in total. The summed E-state index contributed by atoms with van der Waals surface area (Å²) in [7, 11) is 0. The molecule has 0 heterocycles. The Kier molecular flexibility index (Phi) is 353. The molecule has 0 spiro atoms. The molecular weight excluding hydrogens is 41.8 g/mol. The molecule has 0 amide bonds. The van der Waals surface area contributed by atoms with Gasteiger partial charge >= 0.3 is 75.4 Å². The van der Waals surface area contributed by atoms with E-state index in [0.29, 0.717) is 0 Å². The van der Waals surface area contributed by atoms with Gasteiger partial charge in [-0.05, 0) is 0 Å². The van der Waals surface area contributed by atoms with Crippen LogP contribution >= 0.6 is 0 Å². The predicted molar refractivity (Wildman–Crippen MR) is 9.47 cm³/mol. The maximum absolute atomic E-state index is 0. The molecule has 0 aromatic heterocycles. The van der Waals surface area contributed by atoms with Gasteiger partial charge in [-0.3, -0.25) is 0 Å². The topological polar surface area (TPSA) is 35.0 Å². The van der Waals surface area contributed by atoms with Gasteiger partial charge in [-0.2, -0.15) is 0 Å². The molecule has 0 saturated carbocycles. The molecule has 0 fully saturated rings. The fourth-order valence-corrected chi connectivity index (χ4v) is 0. The van der Waals surface area contributed by atoms with E-state index in [4.69, 9.17) is 0 Å². The minimum absolute atomic E-state index is 0. The van der Waals surface area contributed by atoms with Gasteiger partial charge in [0.2, 0.25) is 0 Å². The maximum Gasteiger partial charge on any atom is 1.00 e. The van der Waals surface area contributed by atoms with Crippen LogP contribution in [0.2, 0.25) is 0 Å². The second-order valence-corrected chi connectivity index (χ2v) is 0. The van der Waals surface area contributed by atoms with Gasteiger partial charge in [0, 0.05) is 0 Å². The molecule has 0 aliphatic carbocycles. The molecule has 5 heavy (non-hydrogen) atoms. The molecular formula is H7Li4N. The van der Waals surface area contributed by atoms with Crippen molar-refractivity contribution in [1.82, 2.24) is 6.15 Å². The molecule has 16 valence electrons. The Hall–Kier alpha value is 2.35. The molecule has 0 bridgehead atoms. The second kappa shape index (κ2) is 32.9. The summed E-state index contributed by atoms with van der Waals surface area (Å²) >= 11 is 0. The van der Waals surface area contributed by atoms with Crippen molar-refractivity contribution in [3.05, 3.63) is 0 Å². The normalized spacial score (nSPS) is 0. The summed E-state index contributed by atoms with van der Waals surface area (Å²) in [6.07, 6.45) is 0. The summed E-state index contributed by atoms with van der Waals surface area (Å²) in [5, 5.41) is 0. The summed E-state index contributed by atoms with van der Waals surface area (Å²) in [6, 6.07) is 0. The maximum atomic E-state index is 0. The summed E-state index contributed by atoms with van der Waals surface area (Å²) in [5.74, 6) is 0. The molecule has 0 saturated heterocycles. The molecule has 0 aromatic rings. The van der Waals surface area contributed by atoms with Crippen LogP contribution in [0.5, 0.6) is 0 Å². The minimum atomic E-state index is 0. The molecule has 0 atom stereocenters. The van der Waals surface area contributed by atoms with Gasteiger partial charge in [0.05, 0.1) is 0 Å². The largest absolute Gasteiger partial charge is 1.00 e. The quantitative estimate of drug-likeness (QED) is 0.271. The average Bonchev–Trinajstić information content (AvgIpc) is 0. The Balaban J connectivity index is 0. The number of hydrogen-bond donors (Lipinski definition) is 1. The van der Waals surface area contributed by atoms with Crippen molar-refractivity contribution in [2.75, 3.05) is 0 Å². The van der Waals surface area contributed by atoms with Crippen molar-refractivity contribution in [2.24, 2.45) is 0 Å². The van der Waals surface area contributed by atoms with E-state index in [0.717, 1.165) is 0 Å². The van der Waals surface area contributed by atoms with Gasteiger partial charge in [0.15, 0.2) is 0 Å². The Morgan fingerprint density at radius 2 is 0.600 bits per heavy atom. The third kappa shape index (κ3) is 21.8. The Labute approximate surface area is 86.6 Å². The Morgan fingerprint density at radius 1 is 0.600 bits per heavy atom. The van der Waals surface area contributed by atoms with Crippen LogP contribution in [0.1, 0.15) is 5.71 Å². The minimum Gasteiger partial charge on any atom is -1.00 e. The second-order valence-electron chi connectivity index (χ2n) is 0. The van der Waals surface area contributed by atoms with Gasteiger partial charge in [0.1, 0.15) is 0 Å². The van der Waals surface area contributed by atoms with E-state index in [-0.39, 0.29) is 87.3 Å². The Bertz CT molecular complexity index is 12.5. The van der Waals surface area contributed by atoms with Crippen molar-refractivity contribution in [2.45, 2.75) is 0 Å². The SMILES string of the molecule is N.[H-].[H-].[H-].[H-].[Li+].[Li+].[Li+].[Li+]. The summed E-state index contributed by atoms with van der Waals surface area (Å²) in [5.41, 5.74) is 0. The fraction of sp³-hybridized carbons (Fsp3) is 0. The fourth-order valence-electron chi connectivity index (χ4n) is 0. The van der Waals surface area contributed by atoms with E-state index in [1.807, 2.05) is 0 Å². The zero-order chi connectivity index (χ0) is 0. The molecule has 0 aliphatic heterocycles. The van der Waals surface area contributed by atoms with E-state index >= 15 is 0 Å². The molecule has 0 unspecified atom stereocenters. The van der Waals surface area contributed by atoms with Crippen molar-refractivity contribution in [3.8, 4) is 0 Å². The standard InChI is InChI=1S/4Li.H3N.4H/h;;;;1H3;;;;/q4*+1;;4*-1. The van der Waals surface area contributed by atoms with Crippen molar-refractivity contribution in [1.29, 1.82) is 0 Å². The van der Waals surface area contributed by atoms with Crippen LogP contribution in [0, 0.1) is 0 Å². The van der Waals surface area contributed by atoms with Crippen LogP contribution < -0.4 is 81.6 Å². The monoisotopic (exact) mass is 49.1 g/mol. The molecule has 0 aliphatic rings. The van der Waals surface area contributed by atoms with E-state index < -0.39 is 0 Å². The summed E-state index contributed by atoms with van der Waals surface area (Å²) in [4.78, 5) is 0. The van der Waals surface area contributed by atoms with Gasteiger partial charge in [-0.1, -0.05) is 0 Å². The molecule has 0 rings (SSSR count). The zero-order valence-electron chi connectivity index (χ0n) is 8.71. The van der Waals surface area contributed by atoms with Gasteiger partial charge in [-0.15, -0.1) is 0 Å². The van der Waals surface area contributed by atoms with E-state index in [1.54, 1.807) is 0 Å². The first-order valence-electron chi connectivity index (χ1n) is 0. The van der Waals surface area contributed by atoms with Crippen molar-refractivity contribution >= 4 is 0 Å². The van der Waals surface area contributed by atoms with Crippen LogP contribution in [0.15, 0.2) is 0 Å². The first kappa shape index (κ1) is 53.7. The molecule has 0 aromatic carbocycles.